The summed E-state index contributed by atoms with van der Waals surface area (Å²) in [6.45, 7) is 4.36. The van der Waals surface area contributed by atoms with E-state index in [0.717, 1.165) is 22.9 Å². The van der Waals surface area contributed by atoms with Gasteiger partial charge in [0.1, 0.15) is 6.61 Å². The number of nitrogens with one attached hydrogen (secondary N) is 1. The molecule has 3 aromatic rings. The summed E-state index contributed by atoms with van der Waals surface area (Å²) in [4.78, 5) is 39.6. The lowest BCUT2D eigenvalue weighted by Gasteiger charge is -2.19. The molecular weight excluding hydrogens is 410 g/mol. The van der Waals surface area contributed by atoms with Gasteiger partial charge in [-0.25, -0.2) is 4.99 Å². The molecule has 2 aromatic carbocycles. The van der Waals surface area contributed by atoms with Crippen LogP contribution in [0.15, 0.2) is 53.7 Å². The zero-order chi connectivity index (χ0) is 22.9. The summed E-state index contributed by atoms with van der Waals surface area (Å²) in [7, 11) is 0. The largest absolute Gasteiger partial charge is 0.464 e. The number of amides is 2. The highest BCUT2D eigenvalue weighted by molar-refractivity contribution is 5.96. The van der Waals surface area contributed by atoms with Gasteiger partial charge in [-0.05, 0) is 35.7 Å². The van der Waals surface area contributed by atoms with Crippen molar-refractivity contribution in [2.75, 3.05) is 6.61 Å². The molecule has 0 unspecified atom stereocenters. The molecule has 0 aliphatic rings. The van der Waals surface area contributed by atoms with Crippen molar-refractivity contribution in [3.63, 3.8) is 0 Å². The molecule has 1 heterocycles. The van der Waals surface area contributed by atoms with Crippen LogP contribution in [0.4, 0.5) is 5.69 Å². The number of benzene rings is 2. The van der Waals surface area contributed by atoms with Gasteiger partial charge in [-0.1, -0.05) is 31.2 Å². The average molecular weight is 435 g/mol. The molecule has 0 spiro atoms. The second kappa shape index (κ2) is 10.9. The lowest BCUT2D eigenvalue weighted by atomic mass is 10.1. The number of aryl methyl sites for hydroxylation is 1. The van der Waals surface area contributed by atoms with Crippen molar-refractivity contribution >= 4 is 41.3 Å². The van der Waals surface area contributed by atoms with Gasteiger partial charge in [0, 0.05) is 12.3 Å². The fourth-order valence-corrected chi connectivity index (χ4v) is 3.19. The molecule has 0 fully saturated rings. The van der Waals surface area contributed by atoms with E-state index < -0.39 is 0 Å². The first-order valence-corrected chi connectivity index (χ1v) is 10.2. The van der Waals surface area contributed by atoms with Crippen LogP contribution in [0.1, 0.15) is 25.0 Å². The van der Waals surface area contributed by atoms with Gasteiger partial charge in [0.15, 0.2) is 0 Å². The quantitative estimate of drug-likeness (QED) is 0.241. The van der Waals surface area contributed by atoms with Crippen molar-refractivity contribution in [1.82, 2.24) is 20.0 Å². The molecule has 9 nitrogen and oxygen atoms in total. The van der Waals surface area contributed by atoms with Crippen molar-refractivity contribution in [3.8, 4) is 0 Å². The Labute approximate surface area is 185 Å². The van der Waals surface area contributed by atoms with E-state index in [4.69, 9.17) is 4.74 Å². The second-order valence-corrected chi connectivity index (χ2v) is 7.05. The Morgan fingerprint density at radius 1 is 1.19 bits per heavy atom. The van der Waals surface area contributed by atoms with Gasteiger partial charge in [-0.15, -0.1) is 0 Å². The maximum atomic E-state index is 11.7. The number of esters is 1. The van der Waals surface area contributed by atoms with Gasteiger partial charge in [0.05, 0.1) is 30.5 Å². The van der Waals surface area contributed by atoms with Crippen LogP contribution in [0.3, 0.4) is 0 Å². The maximum Gasteiger partial charge on any atom is 0.302 e. The monoisotopic (exact) mass is 435 g/mol. The Morgan fingerprint density at radius 3 is 2.59 bits per heavy atom. The summed E-state index contributed by atoms with van der Waals surface area (Å²) in [5.74, 6) is -0.217. The number of carbonyl (C=O) groups excluding carboxylic acids is 3. The first kappa shape index (κ1) is 22.7. The molecule has 0 saturated carbocycles. The van der Waals surface area contributed by atoms with Gasteiger partial charge in [-0.3, -0.25) is 29.3 Å². The summed E-state index contributed by atoms with van der Waals surface area (Å²) >= 11 is 0. The normalized spacial score (nSPS) is 11.2. The van der Waals surface area contributed by atoms with E-state index in [1.165, 1.54) is 17.4 Å². The average Bonchev–Trinajstić information content (AvgIpc) is 3.19. The van der Waals surface area contributed by atoms with E-state index in [9.17, 15) is 14.4 Å². The fraction of sp³-hybridized carbons (Fsp3) is 0.261. The summed E-state index contributed by atoms with van der Waals surface area (Å²) in [6.07, 6.45) is 3.73. The van der Waals surface area contributed by atoms with Gasteiger partial charge < -0.3 is 4.74 Å². The first-order valence-electron chi connectivity index (χ1n) is 10.2. The molecule has 1 aromatic heterocycles. The second-order valence-electron chi connectivity index (χ2n) is 7.05. The maximum absolute atomic E-state index is 11.7. The van der Waals surface area contributed by atoms with E-state index in [2.05, 4.69) is 22.3 Å². The third-order valence-corrected chi connectivity index (χ3v) is 4.84. The van der Waals surface area contributed by atoms with Crippen LogP contribution >= 0.6 is 0 Å². The predicted molar refractivity (Wildman–Crippen MR) is 120 cm³/mol. The number of ether oxygens (including phenoxy) is 1. The number of guanidine groups is 1. The molecule has 0 saturated heterocycles. The van der Waals surface area contributed by atoms with Crippen molar-refractivity contribution in [2.24, 2.45) is 4.99 Å². The highest BCUT2D eigenvalue weighted by Gasteiger charge is 2.12. The van der Waals surface area contributed by atoms with E-state index in [-0.39, 0.29) is 25.1 Å². The van der Waals surface area contributed by atoms with Gasteiger partial charge in [0.25, 0.3) is 0 Å². The highest BCUT2D eigenvalue weighted by Crippen LogP contribution is 2.22. The van der Waals surface area contributed by atoms with Crippen molar-refractivity contribution in [1.29, 1.82) is 0 Å². The number of aromatic nitrogens is 2. The summed E-state index contributed by atoms with van der Waals surface area (Å²) in [6, 6.07) is 13.3. The number of nitrogens with zero attached hydrogens (tertiary/aromatic N) is 4. The van der Waals surface area contributed by atoms with E-state index in [0.29, 0.717) is 25.1 Å². The van der Waals surface area contributed by atoms with Crippen LogP contribution in [-0.4, -0.2) is 46.0 Å². The lowest BCUT2D eigenvalue weighted by Crippen LogP contribution is -2.39. The molecular formula is C23H25N5O4. The Kier molecular flexibility index (Phi) is 7.69. The van der Waals surface area contributed by atoms with Crippen LogP contribution in [0.2, 0.25) is 0 Å². The molecule has 0 radical (unpaired) electrons. The minimum atomic E-state index is -0.339. The summed E-state index contributed by atoms with van der Waals surface area (Å²) in [5.41, 5.74) is 3.52. The van der Waals surface area contributed by atoms with E-state index >= 15 is 0 Å². The van der Waals surface area contributed by atoms with Crippen LogP contribution in [0, 0.1) is 0 Å². The van der Waals surface area contributed by atoms with E-state index in [1.807, 2.05) is 30.3 Å². The number of rotatable bonds is 9. The van der Waals surface area contributed by atoms with Crippen molar-refractivity contribution < 1.29 is 19.1 Å². The molecule has 3 rings (SSSR count). The number of hydrogen-bond donors (Lipinski definition) is 1. The highest BCUT2D eigenvalue weighted by atomic mass is 16.5. The molecule has 0 atom stereocenters. The minimum absolute atomic E-state index is 0.121. The van der Waals surface area contributed by atoms with Crippen molar-refractivity contribution in [2.45, 2.75) is 33.4 Å². The number of fused-ring (bicyclic) bond motifs is 1. The van der Waals surface area contributed by atoms with Crippen LogP contribution in [0.5, 0.6) is 0 Å². The molecule has 1 N–H and O–H groups in total. The molecule has 9 heteroatoms. The van der Waals surface area contributed by atoms with Gasteiger partial charge >= 0.3 is 5.97 Å². The van der Waals surface area contributed by atoms with Gasteiger partial charge in [-0.2, -0.15) is 5.10 Å². The zero-order valence-electron chi connectivity index (χ0n) is 18.0. The van der Waals surface area contributed by atoms with Crippen molar-refractivity contribution in [3.05, 3.63) is 59.8 Å². The van der Waals surface area contributed by atoms with E-state index in [1.54, 1.807) is 23.0 Å². The Hall–Kier alpha value is -4.01. The number of carbonyl (C=O) groups is 3. The zero-order valence-corrected chi connectivity index (χ0v) is 18.0. The van der Waals surface area contributed by atoms with Crippen LogP contribution < -0.4 is 5.32 Å². The molecule has 166 valence electrons. The first-order chi connectivity index (χ1) is 15.5. The fourth-order valence-electron chi connectivity index (χ4n) is 3.19. The van der Waals surface area contributed by atoms with Crippen LogP contribution in [-0.2, 0) is 38.6 Å². The summed E-state index contributed by atoms with van der Waals surface area (Å²) in [5, 5.41) is 7.65. The minimum Gasteiger partial charge on any atom is -0.464 e. The third-order valence-electron chi connectivity index (χ3n) is 4.84. The smallest absolute Gasteiger partial charge is 0.302 e. The molecule has 0 aliphatic heterocycles. The SMILES string of the molecule is CCc1ccc(CN(C=O)C(=Nc2ccc3c(cnn3CCOC(C)=O)c2)NC=O)cc1. The standard InChI is InChI=1S/C23H25N5O4/c1-3-18-4-6-19(7-5-18)14-27(16-30)23(24-15-29)26-21-8-9-22-20(12-21)13-25-28(22)10-11-32-17(2)31/h4-9,12-13,15-16H,3,10-11,14H2,1-2H3,(H,24,26,29). The Bertz CT molecular complexity index is 1120. The third kappa shape index (κ3) is 5.78. The summed E-state index contributed by atoms with van der Waals surface area (Å²) < 4.78 is 6.70. The molecule has 2 amide bonds. The topological polar surface area (TPSA) is 106 Å². The molecule has 32 heavy (non-hydrogen) atoms. The predicted octanol–water partition coefficient (Wildman–Crippen LogP) is 2.55. The van der Waals surface area contributed by atoms with Crippen LogP contribution in [0.25, 0.3) is 10.9 Å². The Morgan fingerprint density at radius 2 is 1.94 bits per heavy atom. The van der Waals surface area contributed by atoms with Gasteiger partial charge in [0.2, 0.25) is 18.8 Å². The number of hydrogen-bond acceptors (Lipinski definition) is 6. The Balaban J connectivity index is 1.81. The number of aliphatic imine (C=N–C) groups is 1. The molecule has 0 bridgehead atoms. The molecule has 0 aliphatic carbocycles. The lowest BCUT2D eigenvalue weighted by molar-refractivity contribution is -0.141.